The summed E-state index contributed by atoms with van der Waals surface area (Å²) < 4.78 is 1.80. The highest BCUT2D eigenvalue weighted by molar-refractivity contribution is 8.26. The molecule has 0 bridgehead atoms. The summed E-state index contributed by atoms with van der Waals surface area (Å²) in [5.74, 6) is -0.989. The summed E-state index contributed by atoms with van der Waals surface area (Å²) in [6, 6.07) is 12.2. The van der Waals surface area contributed by atoms with Crippen LogP contribution in [-0.4, -0.2) is 63.5 Å². The van der Waals surface area contributed by atoms with Gasteiger partial charge in [0.2, 0.25) is 0 Å². The smallest absolute Gasteiger partial charge is 0.323 e. The molecule has 2 aliphatic heterocycles. The van der Waals surface area contributed by atoms with E-state index in [1.807, 2.05) is 31.2 Å². The zero-order chi connectivity index (χ0) is 26.7. The predicted octanol–water partition coefficient (Wildman–Crippen LogP) is 3.05. The number of pyridine rings is 1. The summed E-state index contributed by atoms with van der Waals surface area (Å²) in [6.07, 6.45) is 2.34. The normalized spacial score (nSPS) is 17.0. The molecule has 4 rings (SSSR count). The van der Waals surface area contributed by atoms with Gasteiger partial charge in [-0.25, -0.2) is 0 Å². The van der Waals surface area contributed by atoms with Gasteiger partial charge < -0.3 is 14.9 Å². The van der Waals surface area contributed by atoms with Crippen LogP contribution in [0.15, 0.2) is 40.0 Å². The number of carbonyl (C=O) groups excluding carboxylic acids is 1. The lowest BCUT2D eigenvalue weighted by atomic mass is 10.0. The van der Waals surface area contributed by atoms with Crippen molar-refractivity contribution in [2.45, 2.75) is 26.8 Å². The molecule has 1 aromatic heterocycles. The topological polar surface area (TPSA) is 110 Å². The Bertz CT molecular complexity index is 1370. The third-order valence-electron chi connectivity index (χ3n) is 6.44. The third-order valence-corrected chi connectivity index (χ3v) is 7.81. The number of para-hydroxylation sites is 1. The molecule has 9 nitrogen and oxygen atoms in total. The summed E-state index contributed by atoms with van der Waals surface area (Å²) in [7, 11) is 0. The van der Waals surface area contributed by atoms with Crippen molar-refractivity contribution in [3.8, 4) is 6.07 Å². The first-order chi connectivity index (χ1) is 17.8. The molecule has 1 aromatic carbocycles. The minimum absolute atomic E-state index is 0.0346. The lowest BCUT2D eigenvalue weighted by Gasteiger charge is -2.39. The Hall–Kier alpha value is -3.62. The Morgan fingerprint density at radius 2 is 1.81 bits per heavy atom. The Kier molecular flexibility index (Phi) is 8.00. The van der Waals surface area contributed by atoms with Gasteiger partial charge in [0, 0.05) is 44.0 Å². The highest BCUT2D eigenvalue weighted by Gasteiger charge is 2.34. The van der Waals surface area contributed by atoms with E-state index in [1.165, 1.54) is 0 Å². The maximum atomic E-state index is 13.4. The lowest BCUT2D eigenvalue weighted by Crippen LogP contribution is -2.48. The summed E-state index contributed by atoms with van der Waals surface area (Å²) in [4.78, 5) is 43.3. The maximum absolute atomic E-state index is 13.4. The molecule has 2 aromatic rings. The van der Waals surface area contributed by atoms with Crippen molar-refractivity contribution in [3.63, 3.8) is 0 Å². The highest BCUT2D eigenvalue weighted by atomic mass is 32.2. The number of hydrogen-bond donors (Lipinski definition) is 1. The van der Waals surface area contributed by atoms with E-state index in [0.717, 1.165) is 35.4 Å². The van der Waals surface area contributed by atoms with Gasteiger partial charge >= 0.3 is 5.97 Å². The Morgan fingerprint density at radius 1 is 1.16 bits per heavy atom. The minimum atomic E-state index is -1.16. The number of rotatable bonds is 7. The molecule has 37 heavy (non-hydrogen) atoms. The van der Waals surface area contributed by atoms with E-state index in [1.54, 1.807) is 17.6 Å². The van der Waals surface area contributed by atoms with Gasteiger partial charge in [0.15, 0.2) is 0 Å². The van der Waals surface area contributed by atoms with E-state index >= 15 is 0 Å². The molecule has 1 amide bonds. The van der Waals surface area contributed by atoms with Gasteiger partial charge in [0.05, 0.1) is 4.91 Å². The van der Waals surface area contributed by atoms with Gasteiger partial charge in [-0.2, -0.15) is 5.26 Å². The number of anilines is 2. The van der Waals surface area contributed by atoms with Crippen molar-refractivity contribution in [2.75, 3.05) is 42.5 Å². The molecule has 192 valence electrons. The Balaban J connectivity index is 1.79. The van der Waals surface area contributed by atoms with Crippen LogP contribution in [0, 0.1) is 18.3 Å². The molecule has 11 heteroatoms. The molecule has 0 radical (unpaired) electrons. The van der Waals surface area contributed by atoms with E-state index in [4.69, 9.17) is 12.2 Å². The minimum Gasteiger partial charge on any atom is -0.480 e. The van der Waals surface area contributed by atoms with Crippen LogP contribution in [0.5, 0.6) is 0 Å². The fourth-order valence-electron chi connectivity index (χ4n) is 4.63. The molecule has 2 aliphatic rings. The largest absolute Gasteiger partial charge is 0.480 e. The number of nitrogens with zero attached hydrogens (tertiary/aromatic N) is 5. The van der Waals surface area contributed by atoms with E-state index in [-0.39, 0.29) is 20.3 Å². The first-order valence-corrected chi connectivity index (χ1v) is 13.2. The van der Waals surface area contributed by atoms with Crippen molar-refractivity contribution in [3.05, 3.63) is 62.3 Å². The Morgan fingerprint density at radius 3 is 2.41 bits per heavy atom. The van der Waals surface area contributed by atoms with Gasteiger partial charge in [0.25, 0.3) is 11.5 Å². The molecule has 0 unspecified atom stereocenters. The van der Waals surface area contributed by atoms with E-state index in [0.29, 0.717) is 43.0 Å². The SMILES string of the molecule is CCCn1c(N2CCN(c3ccccc3)CC2)c(/C=C2\SC(=S)N(CC(=O)O)C2=O)c(C)c(C#N)c1=O. The van der Waals surface area contributed by atoms with Crippen molar-refractivity contribution >= 4 is 57.8 Å². The standard InChI is InChI=1S/C26H27N5O4S2/c1-3-9-30-23(29-12-10-28(11-13-29)18-7-5-4-6-8-18)19(17(2)20(15-27)24(30)34)14-21-25(35)31(16-22(32)33)26(36)37-21/h4-8,14H,3,9-13,16H2,1-2H3,(H,32,33)/b21-14-. The summed E-state index contributed by atoms with van der Waals surface area (Å²) in [5.41, 5.74) is 1.91. The number of thiocarbonyl (C=S) groups is 1. The van der Waals surface area contributed by atoms with Crippen LogP contribution in [0.25, 0.3) is 6.08 Å². The predicted molar refractivity (Wildman–Crippen MR) is 149 cm³/mol. The second-order valence-electron chi connectivity index (χ2n) is 8.78. The van der Waals surface area contributed by atoms with Gasteiger partial charge in [-0.15, -0.1) is 0 Å². The van der Waals surface area contributed by atoms with Crippen molar-refractivity contribution in [1.29, 1.82) is 5.26 Å². The van der Waals surface area contributed by atoms with Gasteiger partial charge in [-0.3, -0.25) is 23.9 Å². The monoisotopic (exact) mass is 537 g/mol. The summed E-state index contributed by atoms with van der Waals surface area (Å²) >= 11 is 6.28. The van der Waals surface area contributed by atoms with E-state index in [9.17, 15) is 24.8 Å². The average Bonchev–Trinajstić information content (AvgIpc) is 3.15. The van der Waals surface area contributed by atoms with Crippen molar-refractivity contribution in [1.82, 2.24) is 9.47 Å². The van der Waals surface area contributed by atoms with Crippen molar-refractivity contribution in [2.24, 2.45) is 0 Å². The number of carboxylic acid groups (broad SMARTS) is 1. The second kappa shape index (κ2) is 11.2. The van der Waals surface area contributed by atoms with Crippen LogP contribution in [0.4, 0.5) is 11.5 Å². The molecular formula is C26H27N5O4S2. The fraction of sp³-hybridized carbons (Fsp3) is 0.346. The molecule has 0 saturated carbocycles. The van der Waals surface area contributed by atoms with Crippen LogP contribution in [0.1, 0.15) is 30.0 Å². The third kappa shape index (κ3) is 5.26. The molecule has 1 N–H and O–H groups in total. The van der Waals surface area contributed by atoms with E-state index in [2.05, 4.69) is 21.9 Å². The van der Waals surface area contributed by atoms with E-state index < -0.39 is 18.4 Å². The molecule has 2 saturated heterocycles. The van der Waals surface area contributed by atoms with Crippen LogP contribution < -0.4 is 15.4 Å². The zero-order valence-electron chi connectivity index (χ0n) is 20.6. The lowest BCUT2D eigenvalue weighted by molar-refractivity contribution is -0.140. The van der Waals surface area contributed by atoms with Crippen LogP contribution in [0.2, 0.25) is 0 Å². The number of thioether (sulfide) groups is 1. The van der Waals surface area contributed by atoms with Gasteiger partial charge in [-0.05, 0) is 37.1 Å². The quantitative estimate of drug-likeness (QED) is 0.421. The number of nitriles is 1. The molecule has 3 heterocycles. The number of amides is 1. The van der Waals surface area contributed by atoms with Gasteiger partial charge in [0.1, 0.15) is 28.3 Å². The number of carbonyl (C=O) groups is 2. The highest BCUT2D eigenvalue weighted by Crippen LogP contribution is 2.36. The molecule has 0 spiro atoms. The zero-order valence-corrected chi connectivity index (χ0v) is 22.3. The fourth-order valence-corrected chi connectivity index (χ4v) is 5.87. The Labute approximate surface area is 224 Å². The average molecular weight is 538 g/mol. The first kappa shape index (κ1) is 26.4. The number of piperazine rings is 1. The first-order valence-electron chi connectivity index (χ1n) is 12.0. The van der Waals surface area contributed by atoms with Crippen molar-refractivity contribution < 1.29 is 14.7 Å². The summed E-state index contributed by atoms with van der Waals surface area (Å²) in [6.45, 7) is 6.34. The van der Waals surface area contributed by atoms with Crippen LogP contribution in [0.3, 0.4) is 0 Å². The maximum Gasteiger partial charge on any atom is 0.323 e. The number of aromatic nitrogens is 1. The molecular weight excluding hydrogens is 510 g/mol. The number of aliphatic carboxylic acids is 1. The molecule has 2 fully saturated rings. The summed E-state index contributed by atoms with van der Waals surface area (Å²) in [5, 5.41) is 19.0. The molecule has 0 atom stereocenters. The number of hydrogen-bond acceptors (Lipinski definition) is 8. The van der Waals surface area contributed by atoms with Crippen LogP contribution in [-0.2, 0) is 16.1 Å². The second-order valence-corrected chi connectivity index (χ2v) is 10.5. The van der Waals surface area contributed by atoms with Gasteiger partial charge in [-0.1, -0.05) is 49.1 Å². The number of carboxylic acids is 1. The number of benzene rings is 1. The molecule has 0 aliphatic carbocycles. The van der Waals surface area contributed by atoms with Crippen LogP contribution >= 0.6 is 24.0 Å².